The highest BCUT2D eigenvalue weighted by molar-refractivity contribution is 5.96. The maximum absolute atomic E-state index is 11.9. The number of nitrogens with one attached hydrogen (secondary N) is 1. The molecule has 0 radical (unpaired) electrons. The van der Waals surface area contributed by atoms with Crippen LogP contribution in [0.5, 0.6) is 0 Å². The second-order valence-electron chi connectivity index (χ2n) is 3.98. The van der Waals surface area contributed by atoms with Crippen molar-refractivity contribution in [3.05, 3.63) is 35.4 Å². The summed E-state index contributed by atoms with van der Waals surface area (Å²) in [6.07, 6.45) is 0.705. The van der Waals surface area contributed by atoms with Crippen LogP contribution in [0, 0.1) is 0 Å². The minimum atomic E-state index is -0.915. The lowest BCUT2D eigenvalue weighted by Crippen LogP contribution is -2.34. The van der Waals surface area contributed by atoms with Gasteiger partial charge in [0.2, 0.25) is 0 Å². The van der Waals surface area contributed by atoms with Crippen LogP contribution >= 0.6 is 0 Å². The highest BCUT2D eigenvalue weighted by Gasteiger charge is 2.14. The number of carboxylic acid groups (broad SMARTS) is 1. The van der Waals surface area contributed by atoms with E-state index in [1.54, 1.807) is 19.1 Å². The molecule has 1 atom stereocenters. The van der Waals surface area contributed by atoms with Crippen LogP contribution in [0.15, 0.2) is 24.3 Å². The summed E-state index contributed by atoms with van der Waals surface area (Å²) in [6, 6.07) is 6.97. The molecule has 1 aromatic rings. The second kappa shape index (κ2) is 6.03. The lowest BCUT2D eigenvalue weighted by atomic mass is 10.0. The molecule has 0 aliphatic heterocycles. The van der Waals surface area contributed by atoms with Gasteiger partial charge in [0, 0.05) is 11.6 Å². The van der Waals surface area contributed by atoms with Crippen molar-refractivity contribution < 1.29 is 14.7 Å². The molecule has 17 heavy (non-hydrogen) atoms. The zero-order valence-corrected chi connectivity index (χ0v) is 10.1. The van der Waals surface area contributed by atoms with Crippen molar-refractivity contribution >= 4 is 11.9 Å². The number of carbonyl (C=O) groups excluding carboxylic acids is 1. The number of benzene rings is 1. The van der Waals surface area contributed by atoms with Gasteiger partial charge in [0.15, 0.2) is 0 Å². The number of carboxylic acids is 1. The zero-order chi connectivity index (χ0) is 12.8. The molecule has 1 rings (SSSR count). The summed E-state index contributed by atoms with van der Waals surface area (Å²) in [5.74, 6) is -1.13. The quantitative estimate of drug-likeness (QED) is 0.818. The minimum absolute atomic E-state index is 0.0694. The molecule has 0 aliphatic rings. The van der Waals surface area contributed by atoms with Crippen LogP contribution in [0.4, 0.5) is 0 Å². The van der Waals surface area contributed by atoms with E-state index < -0.39 is 5.97 Å². The highest BCUT2D eigenvalue weighted by atomic mass is 16.4. The van der Waals surface area contributed by atoms with Crippen molar-refractivity contribution in [2.24, 2.45) is 0 Å². The Balaban J connectivity index is 2.72. The van der Waals surface area contributed by atoms with Crippen LogP contribution in [0.3, 0.4) is 0 Å². The van der Waals surface area contributed by atoms with E-state index in [1.165, 1.54) is 0 Å². The van der Waals surface area contributed by atoms with Gasteiger partial charge in [-0.2, -0.15) is 0 Å². The lowest BCUT2D eigenvalue weighted by molar-refractivity contribution is -0.137. The fourth-order valence-electron chi connectivity index (χ4n) is 1.66. The van der Waals surface area contributed by atoms with Gasteiger partial charge in [0.05, 0.1) is 6.42 Å². The van der Waals surface area contributed by atoms with Crippen LogP contribution < -0.4 is 5.32 Å². The summed E-state index contributed by atoms with van der Waals surface area (Å²) >= 11 is 0. The smallest absolute Gasteiger partial charge is 0.305 e. The number of aryl methyl sites for hydroxylation is 1. The van der Waals surface area contributed by atoms with Gasteiger partial charge in [-0.1, -0.05) is 25.1 Å². The predicted molar refractivity (Wildman–Crippen MR) is 65.0 cm³/mol. The molecular formula is C13H17NO3. The number of amides is 1. The Labute approximate surface area is 101 Å². The molecule has 0 bridgehead atoms. The van der Waals surface area contributed by atoms with E-state index in [0.717, 1.165) is 12.0 Å². The van der Waals surface area contributed by atoms with Crippen molar-refractivity contribution in [1.29, 1.82) is 0 Å². The number of hydrogen-bond acceptors (Lipinski definition) is 2. The molecule has 0 aliphatic carbocycles. The molecule has 0 fully saturated rings. The number of carbonyl (C=O) groups is 2. The monoisotopic (exact) mass is 235 g/mol. The standard InChI is InChI=1S/C13H17NO3/c1-3-10-6-4-5-7-11(10)13(17)14-9(2)8-12(15)16/h4-7,9H,3,8H2,1-2H3,(H,14,17)(H,15,16). The molecule has 2 N–H and O–H groups in total. The van der Waals surface area contributed by atoms with Crippen LogP contribution in [-0.2, 0) is 11.2 Å². The Hall–Kier alpha value is -1.84. The van der Waals surface area contributed by atoms with E-state index in [9.17, 15) is 9.59 Å². The van der Waals surface area contributed by atoms with Crippen LogP contribution in [0.2, 0.25) is 0 Å². The normalized spacial score (nSPS) is 11.9. The molecule has 0 saturated carbocycles. The SMILES string of the molecule is CCc1ccccc1C(=O)NC(C)CC(=O)O. The van der Waals surface area contributed by atoms with Gasteiger partial charge in [-0.25, -0.2) is 0 Å². The van der Waals surface area contributed by atoms with E-state index >= 15 is 0 Å². The summed E-state index contributed by atoms with van der Waals surface area (Å²) in [5.41, 5.74) is 1.58. The van der Waals surface area contributed by atoms with Gasteiger partial charge in [-0.3, -0.25) is 9.59 Å². The topological polar surface area (TPSA) is 66.4 Å². The molecule has 1 amide bonds. The molecule has 4 heteroatoms. The fourth-order valence-corrected chi connectivity index (χ4v) is 1.66. The first-order valence-corrected chi connectivity index (χ1v) is 5.65. The van der Waals surface area contributed by atoms with Crippen molar-refractivity contribution in [2.45, 2.75) is 32.7 Å². The maximum atomic E-state index is 11.9. The Kier molecular flexibility index (Phi) is 4.69. The van der Waals surface area contributed by atoms with E-state index in [0.29, 0.717) is 5.56 Å². The van der Waals surface area contributed by atoms with Crippen molar-refractivity contribution in [3.8, 4) is 0 Å². The van der Waals surface area contributed by atoms with Crippen molar-refractivity contribution in [3.63, 3.8) is 0 Å². The van der Waals surface area contributed by atoms with Gasteiger partial charge in [-0.15, -0.1) is 0 Å². The van der Waals surface area contributed by atoms with Crippen molar-refractivity contribution in [1.82, 2.24) is 5.32 Å². The Bertz CT molecular complexity index is 415. The third-order valence-electron chi connectivity index (χ3n) is 2.50. The highest BCUT2D eigenvalue weighted by Crippen LogP contribution is 2.09. The predicted octanol–water partition coefficient (Wildman–Crippen LogP) is 1.84. The molecule has 4 nitrogen and oxygen atoms in total. The average molecular weight is 235 g/mol. The first-order valence-electron chi connectivity index (χ1n) is 5.65. The third-order valence-corrected chi connectivity index (χ3v) is 2.50. The summed E-state index contributed by atoms with van der Waals surface area (Å²) in [7, 11) is 0. The molecule has 0 heterocycles. The fraction of sp³-hybridized carbons (Fsp3) is 0.385. The van der Waals surface area contributed by atoms with Crippen LogP contribution in [0.1, 0.15) is 36.2 Å². The maximum Gasteiger partial charge on any atom is 0.305 e. The van der Waals surface area contributed by atoms with Gasteiger partial charge < -0.3 is 10.4 Å². The third kappa shape index (κ3) is 3.90. The second-order valence-corrected chi connectivity index (χ2v) is 3.98. The average Bonchev–Trinajstić information content (AvgIpc) is 2.27. The lowest BCUT2D eigenvalue weighted by Gasteiger charge is -2.13. The molecule has 0 spiro atoms. The van der Waals surface area contributed by atoms with E-state index in [4.69, 9.17) is 5.11 Å². The molecular weight excluding hydrogens is 218 g/mol. The molecule has 1 aromatic carbocycles. The van der Waals surface area contributed by atoms with Gasteiger partial charge in [0.1, 0.15) is 0 Å². The minimum Gasteiger partial charge on any atom is -0.481 e. The number of hydrogen-bond donors (Lipinski definition) is 2. The molecule has 92 valence electrons. The number of rotatable bonds is 5. The summed E-state index contributed by atoms with van der Waals surface area (Å²) < 4.78 is 0. The van der Waals surface area contributed by atoms with Gasteiger partial charge in [0.25, 0.3) is 5.91 Å². The first-order chi connectivity index (χ1) is 8.04. The van der Waals surface area contributed by atoms with Crippen LogP contribution in [0.25, 0.3) is 0 Å². The van der Waals surface area contributed by atoms with Crippen molar-refractivity contribution in [2.75, 3.05) is 0 Å². The zero-order valence-electron chi connectivity index (χ0n) is 10.1. The van der Waals surface area contributed by atoms with Gasteiger partial charge in [-0.05, 0) is 25.0 Å². The first kappa shape index (κ1) is 13.2. The Morgan fingerprint density at radius 1 is 1.35 bits per heavy atom. The Morgan fingerprint density at radius 2 is 2.00 bits per heavy atom. The van der Waals surface area contributed by atoms with E-state index in [1.807, 2.05) is 19.1 Å². The number of aliphatic carboxylic acids is 1. The molecule has 0 saturated heterocycles. The van der Waals surface area contributed by atoms with Crippen LogP contribution in [-0.4, -0.2) is 23.0 Å². The summed E-state index contributed by atoms with van der Waals surface area (Å²) in [6.45, 7) is 3.66. The Morgan fingerprint density at radius 3 is 2.59 bits per heavy atom. The van der Waals surface area contributed by atoms with E-state index in [-0.39, 0.29) is 18.4 Å². The molecule has 1 unspecified atom stereocenters. The van der Waals surface area contributed by atoms with Gasteiger partial charge >= 0.3 is 5.97 Å². The summed E-state index contributed by atoms with van der Waals surface area (Å²) in [4.78, 5) is 22.4. The molecule has 0 aromatic heterocycles. The van der Waals surface area contributed by atoms with E-state index in [2.05, 4.69) is 5.32 Å². The largest absolute Gasteiger partial charge is 0.481 e. The summed E-state index contributed by atoms with van der Waals surface area (Å²) in [5, 5.41) is 11.3.